The van der Waals surface area contributed by atoms with E-state index in [2.05, 4.69) is 26.0 Å². The minimum Gasteiger partial charge on any atom is -0.435 e. The number of aryl methyl sites for hydroxylation is 1. The van der Waals surface area contributed by atoms with Crippen LogP contribution in [0.2, 0.25) is 0 Å². The molecule has 4 nitrogen and oxygen atoms in total. The molecule has 0 aromatic heterocycles. The first-order chi connectivity index (χ1) is 12.3. The number of carbonyl (C=O) groups excluding carboxylic acids is 1. The van der Waals surface area contributed by atoms with Gasteiger partial charge < -0.3 is 10.1 Å². The van der Waals surface area contributed by atoms with Crippen LogP contribution in [0.25, 0.3) is 0 Å². The molecule has 1 N–H and O–H groups in total. The molecule has 7 heteroatoms. The third kappa shape index (κ3) is 5.78. The van der Waals surface area contributed by atoms with Crippen LogP contribution in [0, 0.1) is 6.92 Å². The molecule has 0 spiro atoms. The number of amides is 1. The Balaban J connectivity index is 2.00. The molecule has 2 aromatic rings. The summed E-state index contributed by atoms with van der Waals surface area (Å²) in [4.78, 5) is 14.3. The number of halogens is 3. The average Bonchev–Trinajstić information content (AvgIpc) is 2.56. The van der Waals surface area contributed by atoms with Gasteiger partial charge in [-0.25, -0.2) is 0 Å². The van der Waals surface area contributed by atoms with Crippen molar-refractivity contribution in [3.05, 3.63) is 58.1 Å². The van der Waals surface area contributed by atoms with Gasteiger partial charge in [0.1, 0.15) is 5.75 Å². The van der Waals surface area contributed by atoms with Gasteiger partial charge >= 0.3 is 6.61 Å². The van der Waals surface area contributed by atoms with Gasteiger partial charge in [0.05, 0.1) is 11.7 Å². The molecule has 140 valence electrons. The molecule has 0 aliphatic heterocycles. The number of ether oxygens (including phenoxy) is 1. The Hall–Kier alpha value is -1.99. The van der Waals surface area contributed by atoms with E-state index in [1.54, 1.807) is 32.2 Å². The Morgan fingerprint density at radius 2 is 2.00 bits per heavy atom. The van der Waals surface area contributed by atoms with Crippen molar-refractivity contribution in [3.63, 3.8) is 0 Å². The van der Waals surface area contributed by atoms with Crippen LogP contribution in [0.15, 0.2) is 46.9 Å². The first-order valence-corrected chi connectivity index (χ1v) is 8.86. The van der Waals surface area contributed by atoms with Crippen LogP contribution >= 0.6 is 15.9 Å². The number of hydrogen-bond acceptors (Lipinski definition) is 3. The molecule has 0 aliphatic carbocycles. The Morgan fingerprint density at radius 3 is 2.65 bits per heavy atom. The van der Waals surface area contributed by atoms with E-state index in [0.29, 0.717) is 12.2 Å². The van der Waals surface area contributed by atoms with Gasteiger partial charge in [-0.1, -0.05) is 18.2 Å². The highest BCUT2D eigenvalue weighted by molar-refractivity contribution is 9.10. The van der Waals surface area contributed by atoms with Gasteiger partial charge in [-0.15, -0.1) is 0 Å². The zero-order valence-corrected chi connectivity index (χ0v) is 16.4. The van der Waals surface area contributed by atoms with E-state index in [1.807, 2.05) is 30.0 Å². The second-order valence-electron chi connectivity index (χ2n) is 6.09. The van der Waals surface area contributed by atoms with E-state index < -0.39 is 12.7 Å². The lowest BCUT2D eigenvalue weighted by Crippen LogP contribution is -2.39. The summed E-state index contributed by atoms with van der Waals surface area (Å²) in [7, 11) is 1.80. The van der Waals surface area contributed by atoms with E-state index in [9.17, 15) is 13.6 Å². The van der Waals surface area contributed by atoms with Crippen LogP contribution in [0.4, 0.5) is 14.5 Å². The number of hydrogen-bond donors (Lipinski definition) is 1. The summed E-state index contributed by atoms with van der Waals surface area (Å²) >= 11 is 3.44. The summed E-state index contributed by atoms with van der Waals surface area (Å²) < 4.78 is 29.9. The summed E-state index contributed by atoms with van der Waals surface area (Å²) in [5, 5.41) is 2.89. The van der Waals surface area contributed by atoms with Crippen molar-refractivity contribution in [2.24, 2.45) is 0 Å². The van der Waals surface area contributed by atoms with Crippen molar-refractivity contribution >= 4 is 27.5 Å². The molecule has 26 heavy (non-hydrogen) atoms. The van der Waals surface area contributed by atoms with Crippen molar-refractivity contribution in [1.29, 1.82) is 0 Å². The number of anilines is 1. The summed E-state index contributed by atoms with van der Waals surface area (Å²) in [6, 6.07) is 11.7. The lowest BCUT2D eigenvalue weighted by Gasteiger charge is -2.24. The average molecular weight is 427 g/mol. The van der Waals surface area contributed by atoms with Crippen molar-refractivity contribution in [1.82, 2.24) is 4.90 Å². The lowest BCUT2D eigenvalue weighted by molar-refractivity contribution is -0.120. The second kappa shape index (κ2) is 9.09. The maximum atomic E-state index is 12.5. The monoisotopic (exact) mass is 426 g/mol. The Kier molecular flexibility index (Phi) is 7.11. The summed E-state index contributed by atoms with van der Waals surface area (Å²) in [6.45, 7) is 1.32. The van der Waals surface area contributed by atoms with Crippen LogP contribution in [-0.4, -0.2) is 30.5 Å². The maximum Gasteiger partial charge on any atom is 0.387 e. The quantitative estimate of drug-likeness (QED) is 0.689. The molecule has 0 radical (unpaired) electrons. The highest BCUT2D eigenvalue weighted by Crippen LogP contribution is 2.24. The number of carbonyl (C=O) groups is 1. The molecule has 0 saturated heterocycles. The minimum absolute atomic E-state index is 0.103. The fraction of sp³-hybridized carbons (Fsp3) is 0.316. The SMILES string of the molecule is Cc1ccc(NC(=O)C(C)N(C)Cc2cccc(OC(F)F)c2)c(Br)c1. The van der Waals surface area contributed by atoms with E-state index in [1.165, 1.54) is 6.07 Å². The molecule has 1 atom stereocenters. The first-order valence-electron chi connectivity index (χ1n) is 8.07. The third-order valence-corrected chi connectivity index (χ3v) is 4.63. The number of rotatable bonds is 7. The predicted octanol–water partition coefficient (Wildman–Crippen LogP) is 4.82. The topological polar surface area (TPSA) is 41.6 Å². The standard InChI is InChI=1S/C19H21BrF2N2O2/c1-12-7-8-17(16(20)9-12)23-18(25)13(2)24(3)11-14-5-4-6-15(10-14)26-19(21)22/h4-10,13,19H,11H2,1-3H3,(H,23,25). The van der Waals surface area contributed by atoms with Crippen LogP contribution < -0.4 is 10.1 Å². The lowest BCUT2D eigenvalue weighted by atomic mass is 10.1. The van der Waals surface area contributed by atoms with Gasteiger partial charge in [-0.2, -0.15) is 8.78 Å². The molecule has 0 aliphatic rings. The summed E-state index contributed by atoms with van der Waals surface area (Å²) in [5.41, 5.74) is 2.57. The van der Waals surface area contributed by atoms with Crippen molar-refractivity contribution in [3.8, 4) is 5.75 Å². The number of nitrogens with one attached hydrogen (secondary N) is 1. The van der Waals surface area contributed by atoms with E-state index in [-0.39, 0.29) is 11.7 Å². The third-order valence-electron chi connectivity index (χ3n) is 3.98. The zero-order valence-electron chi connectivity index (χ0n) is 14.8. The zero-order chi connectivity index (χ0) is 19.3. The molecule has 0 saturated carbocycles. The summed E-state index contributed by atoms with van der Waals surface area (Å²) in [5.74, 6) is -0.0522. The highest BCUT2D eigenvalue weighted by atomic mass is 79.9. The van der Waals surface area contributed by atoms with Crippen LogP contribution in [-0.2, 0) is 11.3 Å². The highest BCUT2D eigenvalue weighted by Gasteiger charge is 2.19. The van der Waals surface area contributed by atoms with Gasteiger partial charge in [0.2, 0.25) is 5.91 Å². The van der Waals surface area contributed by atoms with Crippen LogP contribution in [0.5, 0.6) is 5.75 Å². The molecule has 2 aromatic carbocycles. The number of nitrogens with zero attached hydrogens (tertiary/aromatic N) is 1. The van der Waals surface area contributed by atoms with E-state index in [4.69, 9.17) is 0 Å². The molecule has 2 rings (SSSR count). The largest absolute Gasteiger partial charge is 0.435 e. The second-order valence-corrected chi connectivity index (χ2v) is 6.94. The number of likely N-dealkylation sites (N-methyl/N-ethyl adjacent to an activating group) is 1. The minimum atomic E-state index is -2.86. The van der Waals surface area contributed by atoms with E-state index in [0.717, 1.165) is 15.6 Å². The van der Waals surface area contributed by atoms with Gasteiger partial charge in [-0.3, -0.25) is 9.69 Å². The van der Waals surface area contributed by atoms with Gasteiger partial charge in [0.25, 0.3) is 0 Å². The number of benzene rings is 2. The van der Waals surface area contributed by atoms with Crippen LogP contribution in [0.1, 0.15) is 18.1 Å². The molecule has 0 fully saturated rings. The van der Waals surface area contributed by atoms with Crippen molar-refractivity contribution < 1.29 is 18.3 Å². The smallest absolute Gasteiger partial charge is 0.387 e. The van der Waals surface area contributed by atoms with Crippen LogP contribution in [0.3, 0.4) is 0 Å². The molecular formula is C19H21BrF2N2O2. The van der Waals surface area contributed by atoms with Gasteiger partial charge in [0, 0.05) is 11.0 Å². The molecule has 1 amide bonds. The summed E-state index contributed by atoms with van der Waals surface area (Å²) in [6.07, 6.45) is 0. The molecular weight excluding hydrogens is 406 g/mol. The van der Waals surface area contributed by atoms with Gasteiger partial charge in [0.15, 0.2) is 0 Å². The Morgan fingerprint density at radius 1 is 1.27 bits per heavy atom. The normalized spacial score (nSPS) is 12.3. The Bertz CT molecular complexity index is 771. The van der Waals surface area contributed by atoms with Crippen molar-refractivity contribution in [2.75, 3.05) is 12.4 Å². The maximum absolute atomic E-state index is 12.5. The predicted molar refractivity (Wildman–Crippen MR) is 102 cm³/mol. The van der Waals surface area contributed by atoms with Gasteiger partial charge in [-0.05, 0) is 72.2 Å². The molecule has 0 bridgehead atoms. The molecule has 1 unspecified atom stereocenters. The molecule has 0 heterocycles. The first kappa shape index (κ1) is 20.3. The van der Waals surface area contributed by atoms with E-state index >= 15 is 0 Å². The fourth-order valence-corrected chi connectivity index (χ4v) is 3.00. The Labute approximate surface area is 160 Å². The fourth-order valence-electron chi connectivity index (χ4n) is 2.40. The number of alkyl halides is 2. The van der Waals surface area contributed by atoms with Crippen molar-refractivity contribution in [2.45, 2.75) is 33.0 Å².